The van der Waals surface area contributed by atoms with Gasteiger partial charge < -0.3 is 9.13 Å². The number of fused-ring (bicyclic) bond motifs is 4. The van der Waals surface area contributed by atoms with Crippen molar-refractivity contribution in [2.75, 3.05) is 0 Å². The maximum atomic E-state index is 14.2. The van der Waals surface area contributed by atoms with Crippen LogP contribution in [0.5, 0.6) is 0 Å². The number of aromatic nitrogens is 2. The van der Waals surface area contributed by atoms with Gasteiger partial charge >= 0.3 is 0 Å². The number of hydrogen-bond donors (Lipinski definition) is 0. The van der Waals surface area contributed by atoms with Crippen molar-refractivity contribution in [2.45, 2.75) is 155 Å². The molecule has 0 fully saturated rings. The molecule has 6 heteroatoms. The summed E-state index contributed by atoms with van der Waals surface area (Å²) >= 11 is 7.25. The van der Waals surface area contributed by atoms with Crippen molar-refractivity contribution in [1.82, 2.24) is 9.13 Å². The largest absolute Gasteiger partial charge is 0.340 e. The molecule has 2 heterocycles. The molecule has 0 amide bonds. The average Bonchev–Trinajstić information content (AvgIpc) is 3.12. The quantitative estimate of drug-likeness (QED) is 0.0516. The molecule has 50 heavy (non-hydrogen) atoms. The average molecular weight is 807 g/mol. The first-order valence-electron chi connectivity index (χ1n) is 19.9. The van der Waals surface area contributed by atoms with E-state index in [4.69, 9.17) is 0 Å². The minimum absolute atomic E-state index is 0.0337. The minimum Gasteiger partial charge on any atom is -0.340 e. The van der Waals surface area contributed by atoms with Crippen molar-refractivity contribution in [3.63, 3.8) is 0 Å². The van der Waals surface area contributed by atoms with Gasteiger partial charge in [-0.2, -0.15) is 0 Å². The molecule has 0 aliphatic carbocycles. The van der Waals surface area contributed by atoms with Crippen LogP contribution in [0, 0.1) is 0 Å². The first-order chi connectivity index (χ1) is 24.4. The molecular weight excluding hydrogens is 748 g/mol. The molecule has 4 nitrogen and oxygen atoms in total. The summed E-state index contributed by atoms with van der Waals surface area (Å²) in [4.78, 5) is 28.4. The Morgan fingerprint density at radius 2 is 0.700 bits per heavy atom. The van der Waals surface area contributed by atoms with E-state index in [9.17, 15) is 9.59 Å². The Kier molecular flexibility index (Phi) is 15.5. The second-order valence-corrected chi connectivity index (χ2v) is 16.4. The summed E-state index contributed by atoms with van der Waals surface area (Å²) in [7, 11) is 0. The molecule has 0 unspecified atom stereocenters. The third-order valence-corrected chi connectivity index (χ3v) is 11.6. The van der Waals surface area contributed by atoms with Gasteiger partial charge in [0.25, 0.3) is 0 Å². The number of aryl methyl sites for hydroxylation is 2. The van der Waals surface area contributed by atoms with Gasteiger partial charge in [0.15, 0.2) is 10.9 Å². The fraction of sp³-hybridized carbons (Fsp3) is 0.545. The molecule has 2 aromatic heterocycles. The number of nitrogens with zero attached hydrogens (tertiary/aromatic N) is 2. The van der Waals surface area contributed by atoms with Gasteiger partial charge in [-0.3, -0.25) is 9.59 Å². The maximum Gasteiger partial charge on any atom is 0.197 e. The lowest BCUT2D eigenvalue weighted by Crippen LogP contribution is -2.16. The zero-order valence-corrected chi connectivity index (χ0v) is 33.8. The van der Waals surface area contributed by atoms with E-state index in [-0.39, 0.29) is 10.9 Å². The smallest absolute Gasteiger partial charge is 0.197 e. The molecule has 0 saturated carbocycles. The second-order valence-electron chi connectivity index (χ2n) is 14.5. The molecule has 270 valence electrons. The van der Waals surface area contributed by atoms with E-state index in [0.717, 1.165) is 67.7 Å². The predicted molar refractivity (Wildman–Crippen MR) is 224 cm³/mol. The lowest BCUT2D eigenvalue weighted by atomic mass is 10.0. The van der Waals surface area contributed by atoms with Gasteiger partial charge in [-0.1, -0.05) is 161 Å². The normalized spacial score (nSPS) is 11.9. The van der Waals surface area contributed by atoms with E-state index in [0.29, 0.717) is 10.8 Å². The lowest BCUT2D eigenvalue weighted by Gasteiger charge is -2.19. The Morgan fingerprint density at radius 3 is 1.04 bits per heavy atom. The van der Waals surface area contributed by atoms with Crippen LogP contribution in [0.1, 0.15) is 142 Å². The molecule has 0 N–H and O–H groups in total. The molecule has 5 rings (SSSR count). The van der Waals surface area contributed by atoms with Crippen LogP contribution in [0.2, 0.25) is 0 Å². The van der Waals surface area contributed by atoms with Gasteiger partial charge in [-0.25, -0.2) is 0 Å². The van der Waals surface area contributed by atoms with Crippen LogP contribution in [-0.2, 0) is 13.1 Å². The van der Waals surface area contributed by atoms with Crippen molar-refractivity contribution in [1.29, 1.82) is 0 Å². The standard InChI is InChI=1S/C44H58Br2N2O2/c1-3-5-7-9-11-13-15-17-19-21-27-47-39-25-23-33(45)29-35(39)43(49)37-32-42-38(31-41(37)47)44(50)36-30-34(46)24-26-40(36)48(42)28-22-20-18-16-14-12-10-8-6-4-2/h23-26,29-32H,3-22,27-28H2,1-2H3. The molecule has 0 saturated heterocycles. The van der Waals surface area contributed by atoms with Gasteiger partial charge in [0.1, 0.15) is 0 Å². The van der Waals surface area contributed by atoms with E-state index < -0.39 is 0 Å². The van der Waals surface area contributed by atoms with E-state index >= 15 is 0 Å². The zero-order valence-electron chi connectivity index (χ0n) is 30.6. The van der Waals surface area contributed by atoms with Crippen LogP contribution in [0.25, 0.3) is 43.6 Å². The molecule has 5 aromatic rings. The predicted octanol–water partition coefficient (Wildman–Crippen LogP) is 14.0. The Bertz CT molecular complexity index is 1830. The number of hydrogen-bond acceptors (Lipinski definition) is 2. The van der Waals surface area contributed by atoms with Crippen molar-refractivity contribution < 1.29 is 0 Å². The van der Waals surface area contributed by atoms with Gasteiger partial charge in [0.2, 0.25) is 0 Å². The van der Waals surface area contributed by atoms with E-state index in [1.54, 1.807) is 0 Å². The maximum absolute atomic E-state index is 14.2. The van der Waals surface area contributed by atoms with Crippen molar-refractivity contribution in [3.8, 4) is 0 Å². The van der Waals surface area contributed by atoms with Crippen LogP contribution < -0.4 is 10.9 Å². The molecule has 0 aliphatic rings. The molecule has 0 aliphatic heterocycles. The third-order valence-electron chi connectivity index (χ3n) is 10.6. The van der Waals surface area contributed by atoms with Crippen LogP contribution in [0.3, 0.4) is 0 Å². The highest BCUT2D eigenvalue weighted by Crippen LogP contribution is 2.29. The third kappa shape index (κ3) is 9.91. The van der Waals surface area contributed by atoms with Crippen molar-refractivity contribution in [2.24, 2.45) is 0 Å². The zero-order chi connectivity index (χ0) is 35.3. The van der Waals surface area contributed by atoms with E-state index in [1.807, 2.05) is 36.4 Å². The number of benzene rings is 3. The van der Waals surface area contributed by atoms with Crippen LogP contribution in [-0.4, -0.2) is 9.13 Å². The highest BCUT2D eigenvalue weighted by Gasteiger charge is 2.17. The summed E-state index contributed by atoms with van der Waals surface area (Å²) in [6, 6.07) is 16.1. The molecule has 0 bridgehead atoms. The second kappa shape index (κ2) is 20.0. The molecule has 0 radical (unpaired) electrons. The Balaban J connectivity index is 1.44. The summed E-state index contributed by atoms with van der Waals surface area (Å²) in [5.74, 6) is 0. The summed E-state index contributed by atoms with van der Waals surface area (Å²) in [6.45, 7) is 6.19. The van der Waals surface area contributed by atoms with Crippen molar-refractivity contribution in [3.05, 3.63) is 77.9 Å². The Labute approximate surface area is 316 Å². The van der Waals surface area contributed by atoms with E-state index in [1.165, 1.54) is 116 Å². The molecular formula is C44H58Br2N2O2. The number of pyridine rings is 2. The minimum atomic E-state index is 0.0337. The number of unbranched alkanes of at least 4 members (excludes halogenated alkanes) is 18. The van der Waals surface area contributed by atoms with Crippen LogP contribution in [0.4, 0.5) is 0 Å². The van der Waals surface area contributed by atoms with Crippen LogP contribution >= 0.6 is 31.9 Å². The summed E-state index contributed by atoms with van der Waals surface area (Å²) < 4.78 is 6.42. The number of rotatable bonds is 22. The Morgan fingerprint density at radius 1 is 0.400 bits per heavy atom. The topological polar surface area (TPSA) is 44.0 Å². The highest BCUT2D eigenvalue weighted by molar-refractivity contribution is 9.10. The van der Waals surface area contributed by atoms with Crippen molar-refractivity contribution >= 4 is 75.5 Å². The summed E-state index contributed by atoms with van der Waals surface area (Å²) in [6.07, 6.45) is 25.6. The van der Waals surface area contributed by atoms with Gasteiger partial charge in [0, 0.05) is 43.6 Å². The lowest BCUT2D eigenvalue weighted by molar-refractivity contribution is 0.540. The fourth-order valence-electron chi connectivity index (χ4n) is 7.78. The molecule has 0 atom stereocenters. The summed E-state index contributed by atoms with van der Waals surface area (Å²) in [5, 5.41) is 2.85. The van der Waals surface area contributed by atoms with E-state index in [2.05, 4.69) is 67.0 Å². The number of halogens is 2. The fourth-order valence-corrected chi connectivity index (χ4v) is 8.51. The van der Waals surface area contributed by atoms with Gasteiger partial charge in [0.05, 0.1) is 22.1 Å². The summed E-state index contributed by atoms with van der Waals surface area (Å²) in [5.41, 5.74) is 3.68. The first-order valence-corrected chi connectivity index (χ1v) is 21.4. The Hall–Kier alpha value is -2.44. The van der Waals surface area contributed by atoms with Gasteiger partial charge in [-0.15, -0.1) is 0 Å². The highest BCUT2D eigenvalue weighted by atomic mass is 79.9. The monoisotopic (exact) mass is 804 g/mol. The SMILES string of the molecule is CCCCCCCCCCCCn1c2ccc(Br)cc2c(=O)c2cc3c(cc21)c(=O)c1cc(Br)ccc1n3CCCCCCCCCCCC. The molecule has 3 aromatic carbocycles. The van der Waals surface area contributed by atoms with Crippen LogP contribution in [0.15, 0.2) is 67.1 Å². The first kappa shape index (κ1) is 38.8. The van der Waals surface area contributed by atoms with Gasteiger partial charge in [-0.05, 0) is 61.4 Å². The molecule has 0 spiro atoms.